The lowest BCUT2D eigenvalue weighted by molar-refractivity contribution is -0.117. The Kier molecular flexibility index (Phi) is 5.78. The van der Waals surface area contributed by atoms with Crippen LogP contribution in [0.2, 0.25) is 5.02 Å². The van der Waals surface area contributed by atoms with Gasteiger partial charge in [0.25, 0.3) is 5.91 Å². The average molecular weight is 489 g/mol. The summed E-state index contributed by atoms with van der Waals surface area (Å²) >= 11 is 6.16. The maximum absolute atomic E-state index is 13.7. The molecule has 7 nitrogen and oxygen atoms in total. The number of fused-ring (bicyclic) bond motifs is 1. The number of amides is 1. The lowest BCUT2D eigenvalue weighted by Crippen LogP contribution is -2.31. The highest BCUT2D eigenvalue weighted by atomic mass is 35.5. The predicted molar refractivity (Wildman–Crippen MR) is 132 cm³/mol. The predicted octanol–water partition coefficient (Wildman–Crippen LogP) is 5.84. The van der Waals surface area contributed by atoms with Crippen molar-refractivity contribution in [3.05, 3.63) is 100 Å². The molecule has 0 radical (unpaired) electrons. The smallest absolute Gasteiger partial charge is 0.294 e. The maximum Gasteiger partial charge on any atom is 0.294 e. The first kappa shape index (κ1) is 22.7. The van der Waals surface area contributed by atoms with E-state index in [4.69, 9.17) is 20.8 Å². The number of hydrogen-bond donors (Lipinski definition) is 1. The van der Waals surface area contributed by atoms with E-state index in [1.54, 1.807) is 48.8 Å². The number of aliphatic hydroxyl groups excluding tert-OH is 1. The number of Topliss-reactive ketones (excluding diaryl/α,β-unsaturated/α-hetero) is 1. The Balaban J connectivity index is 1.64. The molecule has 1 aliphatic heterocycles. The Morgan fingerprint density at radius 2 is 1.86 bits per heavy atom. The van der Waals surface area contributed by atoms with Crippen molar-refractivity contribution in [2.45, 2.75) is 19.4 Å². The van der Waals surface area contributed by atoms with Crippen LogP contribution in [0.1, 0.15) is 34.6 Å². The molecule has 0 bridgehead atoms. The number of aliphatic hydroxyl groups is 1. The molecule has 0 spiro atoms. The van der Waals surface area contributed by atoms with Gasteiger partial charge in [-0.15, -0.1) is 0 Å². The maximum atomic E-state index is 13.7. The number of hydrogen-bond acceptors (Lipinski definition) is 6. The molecule has 2 aromatic heterocycles. The van der Waals surface area contributed by atoms with Crippen LogP contribution in [0.4, 0.5) is 5.69 Å². The fourth-order valence-corrected chi connectivity index (χ4v) is 4.56. The van der Waals surface area contributed by atoms with E-state index in [0.717, 1.165) is 12.0 Å². The number of halogens is 1. The fraction of sp³-hybridized carbons (Fsp3) is 0.148. The van der Waals surface area contributed by atoms with E-state index < -0.39 is 23.5 Å². The van der Waals surface area contributed by atoms with Gasteiger partial charge >= 0.3 is 0 Å². The quantitative estimate of drug-likeness (QED) is 0.343. The summed E-state index contributed by atoms with van der Waals surface area (Å²) in [6, 6.07) is 14.7. The highest BCUT2D eigenvalue weighted by molar-refractivity contribution is 6.31. The molecule has 8 heteroatoms. The monoisotopic (exact) mass is 488 g/mol. The van der Waals surface area contributed by atoms with E-state index in [1.807, 2.05) is 19.1 Å². The minimum atomic E-state index is -0.871. The number of carbonyl (C=O) groups excluding carboxylic acids is 2. The first-order chi connectivity index (χ1) is 16.9. The van der Waals surface area contributed by atoms with E-state index in [9.17, 15) is 14.7 Å². The van der Waals surface area contributed by atoms with Gasteiger partial charge in [0, 0.05) is 34.6 Å². The van der Waals surface area contributed by atoms with Gasteiger partial charge in [-0.05, 0) is 53.9 Å². The van der Waals surface area contributed by atoms with Crippen LogP contribution in [0.5, 0.6) is 5.75 Å². The largest absolute Gasteiger partial charge is 0.503 e. The first-order valence-electron chi connectivity index (χ1n) is 11.0. The van der Waals surface area contributed by atoms with Gasteiger partial charge in [0.15, 0.2) is 22.9 Å². The van der Waals surface area contributed by atoms with Gasteiger partial charge in [0.05, 0.1) is 18.7 Å². The highest BCUT2D eigenvalue weighted by Crippen LogP contribution is 2.43. The van der Waals surface area contributed by atoms with Crippen molar-refractivity contribution in [3.63, 3.8) is 0 Å². The van der Waals surface area contributed by atoms with Crippen LogP contribution >= 0.6 is 11.6 Å². The minimum Gasteiger partial charge on any atom is -0.503 e. The Morgan fingerprint density at radius 1 is 1.14 bits per heavy atom. The number of ether oxygens (including phenoxy) is 1. The van der Waals surface area contributed by atoms with E-state index >= 15 is 0 Å². The van der Waals surface area contributed by atoms with Crippen molar-refractivity contribution in [3.8, 4) is 5.75 Å². The molecule has 5 rings (SSSR count). The van der Waals surface area contributed by atoms with Crippen molar-refractivity contribution in [2.75, 3.05) is 12.0 Å². The molecule has 0 fully saturated rings. The van der Waals surface area contributed by atoms with Crippen LogP contribution in [-0.2, 0) is 11.2 Å². The summed E-state index contributed by atoms with van der Waals surface area (Å²) in [7, 11) is 1.47. The van der Waals surface area contributed by atoms with Gasteiger partial charge in [-0.25, -0.2) is 0 Å². The molecule has 35 heavy (non-hydrogen) atoms. The summed E-state index contributed by atoms with van der Waals surface area (Å²) in [5, 5.41) is 11.9. The number of ketones is 1. The second kappa shape index (κ2) is 8.92. The summed E-state index contributed by atoms with van der Waals surface area (Å²) in [4.78, 5) is 32.5. The summed E-state index contributed by atoms with van der Waals surface area (Å²) in [6.07, 6.45) is 3.99. The van der Waals surface area contributed by atoms with Crippen LogP contribution < -0.4 is 9.64 Å². The number of aryl methyl sites for hydroxylation is 1. The van der Waals surface area contributed by atoms with E-state index in [2.05, 4.69) is 4.98 Å². The van der Waals surface area contributed by atoms with Crippen molar-refractivity contribution >= 4 is 39.9 Å². The summed E-state index contributed by atoms with van der Waals surface area (Å²) in [5.41, 5.74) is 2.55. The molecule has 1 unspecified atom stereocenters. The molecule has 1 aliphatic rings. The average Bonchev–Trinajstić information content (AvgIpc) is 3.42. The number of benzene rings is 2. The van der Waals surface area contributed by atoms with Gasteiger partial charge in [-0.3, -0.25) is 19.5 Å². The third kappa shape index (κ3) is 3.84. The third-order valence-electron chi connectivity index (χ3n) is 6.09. The zero-order valence-corrected chi connectivity index (χ0v) is 19.7. The molecule has 4 aromatic rings. The Morgan fingerprint density at radius 3 is 2.51 bits per heavy atom. The Hall–Kier alpha value is -4.10. The van der Waals surface area contributed by atoms with E-state index in [0.29, 0.717) is 33.0 Å². The number of carbonyl (C=O) groups is 2. The molecule has 2 aromatic carbocycles. The number of aromatic nitrogens is 1. The third-order valence-corrected chi connectivity index (χ3v) is 6.31. The zero-order valence-electron chi connectivity index (χ0n) is 19.0. The number of methoxy groups -OCH3 is 1. The van der Waals surface area contributed by atoms with E-state index in [-0.39, 0.29) is 11.3 Å². The molecule has 1 amide bonds. The van der Waals surface area contributed by atoms with Crippen LogP contribution in [-0.4, -0.2) is 28.9 Å². The topological polar surface area (TPSA) is 92.9 Å². The fourth-order valence-electron chi connectivity index (χ4n) is 4.34. The van der Waals surface area contributed by atoms with Crippen molar-refractivity contribution in [2.24, 2.45) is 0 Å². The lowest BCUT2D eigenvalue weighted by atomic mass is 9.95. The van der Waals surface area contributed by atoms with Crippen LogP contribution in [0.15, 0.2) is 82.7 Å². The highest BCUT2D eigenvalue weighted by Gasteiger charge is 2.45. The molecular formula is C27H21ClN2O5. The summed E-state index contributed by atoms with van der Waals surface area (Å²) < 4.78 is 11.2. The van der Waals surface area contributed by atoms with Crippen LogP contribution in [0.25, 0.3) is 11.0 Å². The molecule has 3 heterocycles. The number of anilines is 1. The van der Waals surface area contributed by atoms with Crippen molar-refractivity contribution in [1.82, 2.24) is 4.98 Å². The number of pyridine rings is 1. The summed E-state index contributed by atoms with van der Waals surface area (Å²) in [6.45, 7) is 2.04. The number of furan rings is 1. The Bertz CT molecular complexity index is 1470. The summed E-state index contributed by atoms with van der Waals surface area (Å²) in [5.74, 6) is -1.58. The number of nitrogens with zero attached hydrogens (tertiary/aromatic N) is 2. The molecule has 0 saturated carbocycles. The number of rotatable bonds is 6. The minimum absolute atomic E-state index is 0.0443. The normalized spacial score (nSPS) is 15.8. The second-order valence-corrected chi connectivity index (χ2v) is 8.54. The molecular weight excluding hydrogens is 468 g/mol. The zero-order chi connectivity index (χ0) is 24.7. The van der Waals surface area contributed by atoms with E-state index in [1.165, 1.54) is 18.1 Å². The van der Waals surface area contributed by atoms with Gasteiger partial charge in [-0.1, -0.05) is 30.7 Å². The van der Waals surface area contributed by atoms with Crippen LogP contribution in [0, 0.1) is 0 Å². The standard InChI is InChI=1S/C27H21ClN2O5/c1-3-15-4-6-19(7-5-15)30-23(16-8-10-29-11-9-16)22(25(32)27(30)33)24(31)20-13-17-12-18(28)14-21(34-2)26(17)35-20/h4-14,23,32H,3H2,1-2H3. The van der Waals surface area contributed by atoms with Gasteiger partial charge in [0.1, 0.15) is 0 Å². The molecule has 1 atom stereocenters. The molecule has 1 N–H and O–H groups in total. The van der Waals surface area contributed by atoms with Gasteiger partial charge in [-0.2, -0.15) is 0 Å². The van der Waals surface area contributed by atoms with Crippen LogP contribution in [0.3, 0.4) is 0 Å². The molecule has 176 valence electrons. The SMILES string of the molecule is CCc1ccc(N2C(=O)C(O)=C(C(=O)c3cc4cc(Cl)cc(OC)c4o3)C2c2ccncc2)cc1. The Labute approximate surface area is 206 Å². The van der Waals surface area contributed by atoms with Crippen molar-refractivity contribution in [1.29, 1.82) is 0 Å². The first-order valence-corrected chi connectivity index (χ1v) is 11.4. The second-order valence-electron chi connectivity index (χ2n) is 8.11. The van der Waals surface area contributed by atoms with Crippen molar-refractivity contribution < 1.29 is 23.8 Å². The lowest BCUT2D eigenvalue weighted by Gasteiger charge is -2.26. The van der Waals surface area contributed by atoms with Gasteiger partial charge < -0.3 is 14.3 Å². The van der Waals surface area contributed by atoms with Gasteiger partial charge in [0.2, 0.25) is 5.78 Å². The molecule has 0 saturated heterocycles. The molecule has 0 aliphatic carbocycles.